The number of benzene rings is 2. The van der Waals surface area contributed by atoms with Crippen molar-refractivity contribution in [1.29, 1.82) is 0 Å². The third-order valence-corrected chi connectivity index (χ3v) is 9.06. The topological polar surface area (TPSA) is 21.7 Å². The molecule has 148 valence electrons. The van der Waals surface area contributed by atoms with Crippen LogP contribution in [0.15, 0.2) is 70.5 Å². The lowest BCUT2D eigenvalue weighted by Gasteiger charge is -2.27. The molecule has 5 heteroatoms. The van der Waals surface area contributed by atoms with Gasteiger partial charge >= 0.3 is 0 Å². The SMILES string of the molecule is COc1ccccc1P(C1=C(Br)C([C@@H](C)N(C)C)C=C1)c1ccccc1OC. The molecule has 0 radical (unpaired) electrons. The molecule has 0 spiro atoms. The Morgan fingerprint density at radius 2 is 1.43 bits per heavy atom. The molecule has 2 aromatic carbocycles. The number of allylic oxidation sites excluding steroid dienone is 2. The minimum absolute atomic E-state index is 0.333. The molecule has 2 aromatic rings. The van der Waals surface area contributed by atoms with Crippen LogP contribution in [0.2, 0.25) is 0 Å². The maximum absolute atomic E-state index is 5.73. The number of halogens is 1. The molecule has 0 heterocycles. The second kappa shape index (κ2) is 9.26. The van der Waals surface area contributed by atoms with Crippen molar-refractivity contribution in [3.63, 3.8) is 0 Å². The number of methoxy groups -OCH3 is 2. The monoisotopic (exact) mass is 459 g/mol. The quantitative estimate of drug-likeness (QED) is 0.550. The third kappa shape index (κ3) is 4.05. The van der Waals surface area contributed by atoms with Gasteiger partial charge in [0.25, 0.3) is 0 Å². The minimum atomic E-state index is -0.838. The summed E-state index contributed by atoms with van der Waals surface area (Å²) < 4.78 is 12.7. The van der Waals surface area contributed by atoms with Gasteiger partial charge in [0.2, 0.25) is 0 Å². The zero-order valence-electron chi connectivity index (χ0n) is 17.0. The van der Waals surface area contributed by atoms with Crippen LogP contribution in [-0.4, -0.2) is 39.3 Å². The highest BCUT2D eigenvalue weighted by molar-refractivity contribution is 9.11. The molecule has 0 aliphatic heterocycles. The van der Waals surface area contributed by atoms with Crippen molar-refractivity contribution in [3.05, 3.63) is 70.5 Å². The summed E-state index contributed by atoms with van der Waals surface area (Å²) in [4.78, 5) is 2.26. The standard InChI is InChI=1S/C23H27BrNO2P/c1-16(25(2)3)17-14-15-22(23(17)24)28(20-12-8-6-10-18(20)26-4)21-13-9-7-11-19(21)27-5/h6-17H,1-5H3/t16-,17?/m1/s1. The van der Waals surface area contributed by atoms with Gasteiger partial charge < -0.3 is 14.4 Å². The van der Waals surface area contributed by atoms with Gasteiger partial charge in [0.15, 0.2) is 0 Å². The number of hydrogen-bond acceptors (Lipinski definition) is 3. The van der Waals surface area contributed by atoms with E-state index in [2.05, 4.69) is 78.3 Å². The normalized spacial score (nSPS) is 17.5. The molecule has 0 aromatic heterocycles. The van der Waals surface area contributed by atoms with Crippen molar-refractivity contribution in [2.45, 2.75) is 13.0 Å². The molecule has 1 unspecified atom stereocenters. The van der Waals surface area contributed by atoms with Crippen molar-refractivity contribution in [3.8, 4) is 11.5 Å². The van der Waals surface area contributed by atoms with Crippen molar-refractivity contribution < 1.29 is 9.47 Å². The van der Waals surface area contributed by atoms with Crippen LogP contribution in [0, 0.1) is 5.92 Å². The first-order valence-corrected chi connectivity index (χ1v) is 11.4. The van der Waals surface area contributed by atoms with E-state index in [0.717, 1.165) is 11.5 Å². The molecule has 0 saturated heterocycles. The van der Waals surface area contributed by atoms with Gasteiger partial charge in [-0.05, 0) is 46.4 Å². The summed E-state index contributed by atoms with van der Waals surface area (Å²) in [5.74, 6) is 2.15. The number of nitrogens with zero attached hydrogens (tertiary/aromatic N) is 1. The summed E-state index contributed by atoms with van der Waals surface area (Å²) in [6.45, 7) is 2.26. The largest absolute Gasteiger partial charge is 0.496 e. The van der Waals surface area contributed by atoms with Crippen molar-refractivity contribution in [2.75, 3.05) is 28.3 Å². The molecule has 0 bridgehead atoms. The summed E-state index contributed by atoms with van der Waals surface area (Å²) in [5, 5.41) is 3.70. The van der Waals surface area contributed by atoms with Crippen LogP contribution in [0.5, 0.6) is 11.5 Å². The van der Waals surface area contributed by atoms with E-state index in [9.17, 15) is 0 Å². The van der Waals surface area contributed by atoms with E-state index in [4.69, 9.17) is 9.47 Å². The molecule has 0 amide bonds. The second-order valence-electron chi connectivity index (χ2n) is 7.00. The van der Waals surface area contributed by atoms with Gasteiger partial charge in [-0.25, -0.2) is 0 Å². The van der Waals surface area contributed by atoms with Crippen LogP contribution in [0.3, 0.4) is 0 Å². The van der Waals surface area contributed by atoms with Gasteiger partial charge in [0, 0.05) is 27.1 Å². The highest BCUT2D eigenvalue weighted by atomic mass is 79.9. The Hall–Kier alpha value is -1.61. The van der Waals surface area contributed by atoms with E-state index in [1.165, 1.54) is 20.4 Å². The highest BCUT2D eigenvalue weighted by Gasteiger charge is 2.32. The highest BCUT2D eigenvalue weighted by Crippen LogP contribution is 2.54. The van der Waals surface area contributed by atoms with E-state index in [1.807, 2.05) is 24.3 Å². The molecule has 2 atom stereocenters. The Morgan fingerprint density at radius 1 is 0.929 bits per heavy atom. The van der Waals surface area contributed by atoms with E-state index < -0.39 is 7.92 Å². The van der Waals surface area contributed by atoms with Gasteiger partial charge in [-0.2, -0.15) is 0 Å². The average molecular weight is 460 g/mol. The third-order valence-electron chi connectivity index (χ3n) is 5.23. The van der Waals surface area contributed by atoms with E-state index in [0.29, 0.717) is 12.0 Å². The maximum Gasteiger partial charge on any atom is 0.127 e. The molecule has 3 nitrogen and oxygen atoms in total. The van der Waals surface area contributed by atoms with E-state index >= 15 is 0 Å². The van der Waals surface area contributed by atoms with Crippen LogP contribution < -0.4 is 20.1 Å². The Balaban J connectivity index is 2.20. The molecule has 0 saturated carbocycles. The fourth-order valence-electron chi connectivity index (χ4n) is 3.42. The Labute approximate surface area is 177 Å². The molecule has 0 fully saturated rings. The first kappa shape index (κ1) is 21.1. The van der Waals surface area contributed by atoms with E-state index in [1.54, 1.807) is 14.2 Å². The van der Waals surface area contributed by atoms with Crippen molar-refractivity contribution in [2.24, 2.45) is 5.92 Å². The average Bonchev–Trinajstić information content (AvgIpc) is 3.09. The van der Waals surface area contributed by atoms with Gasteiger partial charge in [-0.3, -0.25) is 0 Å². The predicted octanol–water partition coefficient (Wildman–Crippen LogP) is 4.88. The molecule has 1 aliphatic rings. The van der Waals surface area contributed by atoms with Gasteiger partial charge in [0.1, 0.15) is 11.5 Å². The lowest BCUT2D eigenvalue weighted by atomic mass is 10.0. The van der Waals surface area contributed by atoms with Gasteiger partial charge in [0.05, 0.1) is 14.2 Å². The molecule has 1 aliphatic carbocycles. The fraction of sp³-hybridized carbons (Fsp3) is 0.304. The van der Waals surface area contributed by atoms with Crippen LogP contribution >= 0.6 is 23.9 Å². The molecule has 28 heavy (non-hydrogen) atoms. The predicted molar refractivity (Wildman–Crippen MR) is 124 cm³/mol. The zero-order chi connectivity index (χ0) is 20.3. The smallest absolute Gasteiger partial charge is 0.127 e. The summed E-state index contributed by atoms with van der Waals surface area (Å²) >= 11 is 3.95. The molecule has 0 N–H and O–H groups in total. The molecular formula is C23H27BrNO2P. The second-order valence-corrected chi connectivity index (χ2v) is 9.97. The maximum atomic E-state index is 5.73. The van der Waals surface area contributed by atoms with E-state index in [-0.39, 0.29) is 0 Å². The van der Waals surface area contributed by atoms with Crippen LogP contribution in [-0.2, 0) is 0 Å². The molecule has 3 rings (SSSR count). The zero-order valence-corrected chi connectivity index (χ0v) is 19.5. The summed E-state index contributed by atoms with van der Waals surface area (Å²) in [6.07, 6.45) is 4.59. The van der Waals surface area contributed by atoms with Crippen LogP contribution in [0.25, 0.3) is 0 Å². The Bertz CT molecular complexity index is 846. The first-order chi connectivity index (χ1) is 13.5. The van der Waals surface area contributed by atoms with Crippen LogP contribution in [0.1, 0.15) is 6.92 Å². The van der Waals surface area contributed by atoms with Crippen LogP contribution in [0.4, 0.5) is 0 Å². The minimum Gasteiger partial charge on any atom is -0.496 e. The van der Waals surface area contributed by atoms with Crippen molar-refractivity contribution in [1.82, 2.24) is 4.90 Å². The number of ether oxygens (including phenoxy) is 2. The summed E-state index contributed by atoms with van der Waals surface area (Å²) in [6, 6.07) is 17.0. The van der Waals surface area contributed by atoms with Crippen molar-refractivity contribution >= 4 is 34.5 Å². The lowest BCUT2D eigenvalue weighted by molar-refractivity contribution is 0.281. The summed E-state index contributed by atoms with van der Waals surface area (Å²) in [5.41, 5.74) is 0. The fourth-order valence-corrected chi connectivity index (χ4v) is 7.24. The number of rotatable bonds is 7. The lowest BCUT2D eigenvalue weighted by Crippen LogP contribution is -2.31. The Kier molecular flexibility index (Phi) is 6.98. The number of para-hydroxylation sites is 2. The summed E-state index contributed by atoms with van der Waals surface area (Å²) in [7, 11) is 6.88. The van der Waals surface area contributed by atoms with Gasteiger partial charge in [-0.1, -0.05) is 64.5 Å². The number of hydrogen-bond donors (Lipinski definition) is 0. The van der Waals surface area contributed by atoms with Gasteiger partial charge in [-0.15, -0.1) is 0 Å². The molecular weight excluding hydrogens is 433 g/mol. The first-order valence-electron chi connectivity index (χ1n) is 9.30. The Morgan fingerprint density at radius 3 is 1.89 bits per heavy atom.